The molecule has 0 bridgehead atoms. The second-order valence-corrected chi connectivity index (χ2v) is 6.22. The van der Waals surface area contributed by atoms with E-state index in [1.54, 1.807) is 22.7 Å². The molecule has 0 spiro atoms. The van der Waals surface area contributed by atoms with E-state index >= 15 is 0 Å². The van der Waals surface area contributed by atoms with Gasteiger partial charge in [0.1, 0.15) is 11.6 Å². The van der Waals surface area contributed by atoms with E-state index in [0.717, 1.165) is 18.8 Å². The summed E-state index contributed by atoms with van der Waals surface area (Å²) in [5, 5.41) is 13.0. The molecule has 6 heteroatoms. The molecule has 1 fully saturated rings. The fraction of sp³-hybridized carbons (Fsp3) is 0.389. The molecule has 24 heavy (non-hydrogen) atoms. The van der Waals surface area contributed by atoms with E-state index in [1.165, 1.54) is 25.3 Å². The lowest BCUT2D eigenvalue weighted by molar-refractivity contribution is 0.445. The van der Waals surface area contributed by atoms with Gasteiger partial charge in [-0.15, -0.1) is 15.3 Å². The van der Waals surface area contributed by atoms with Gasteiger partial charge in [0.2, 0.25) is 0 Å². The first kappa shape index (κ1) is 15.1. The van der Waals surface area contributed by atoms with Crippen LogP contribution in [0.5, 0.6) is 0 Å². The Hall–Kier alpha value is -2.50. The Kier molecular flexibility index (Phi) is 3.88. The summed E-state index contributed by atoms with van der Waals surface area (Å²) >= 11 is 0. The van der Waals surface area contributed by atoms with Crippen LogP contribution in [0, 0.1) is 5.82 Å². The minimum atomic E-state index is -0.316. The van der Waals surface area contributed by atoms with Gasteiger partial charge in [-0.25, -0.2) is 4.39 Å². The van der Waals surface area contributed by atoms with Crippen molar-refractivity contribution in [2.75, 3.05) is 11.4 Å². The van der Waals surface area contributed by atoms with Crippen LogP contribution in [0.15, 0.2) is 36.4 Å². The summed E-state index contributed by atoms with van der Waals surface area (Å²) in [5.41, 5.74) is 1.04. The third kappa shape index (κ3) is 2.52. The molecule has 0 N–H and O–H groups in total. The van der Waals surface area contributed by atoms with Gasteiger partial charge in [0.05, 0.1) is 5.56 Å². The summed E-state index contributed by atoms with van der Waals surface area (Å²) < 4.78 is 15.8. The molecular weight excluding hydrogens is 305 g/mol. The number of rotatable bonds is 3. The summed E-state index contributed by atoms with van der Waals surface area (Å²) in [5.74, 6) is 1.03. The van der Waals surface area contributed by atoms with E-state index in [1.807, 2.05) is 12.1 Å². The van der Waals surface area contributed by atoms with Crippen LogP contribution in [0.25, 0.3) is 17.0 Å². The van der Waals surface area contributed by atoms with E-state index < -0.39 is 0 Å². The van der Waals surface area contributed by atoms with Crippen molar-refractivity contribution in [1.29, 1.82) is 0 Å². The third-order valence-electron chi connectivity index (χ3n) is 4.76. The van der Waals surface area contributed by atoms with Gasteiger partial charge in [-0.2, -0.15) is 4.52 Å². The molecule has 0 radical (unpaired) electrons. The van der Waals surface area contributed by atoms with E-state index in [4.69, 9.17) is 5.10 Å². The first-order valence-corrected chi connectivity index (χ1v) is 8.52. The number of benzene rings is 1. The van der Waals surface area contributed by atoms with Crippen molar-refractivity contribution in [3.05, 3.63) is 42.2 Å². The molecule has 1 aliphatic rings. The highest BCUT2D eigenvalue weighted by molar-refractivity contribution is 5.60. The van der Waals surface area contributed by atoms with E-state index in [0.29, 0.717) is 23.1 Å². The Morgan fingerprint density at radius 3 is 2.83 bits per heavy atom. The Labute approximate surface area is 140 Å². The molecule has 1 aliphatic heterocycles. The average molecular weight is 325 g/mol. The van der Waals surface area contributed by atoms with Crippen molar-refractivity contribution in [2.24, 2.45) is 0 Å². The molecular formula is C18H20FN5. The largest absolute Gasteiger partial charge is 0.352 e. The van der Waals surface area contributed by atoms with Crippen molar-refractivity contribution in [2.45, 2.75) is 38.6 Å². The Morgan fingerprint density at radius 2 is 2.00 bits per heavy atom. The number of halogens is 1. The third-order valence-corrected chi connectivity index (χ3v) is 4.76. The van der Waals surface area contributed by atoms with Crippen LogP contribution >= 0.6 is 0 Å². The summed E-state index contributed by atoms with van der Waals surface area (Å²) in [6.45, 7) is 3.22. The zero-order valence-electron chi connectivity index (χ0n) is 13.7. The number of aromatic nitrogens is 4. The molecule has 0 saturated carbocycles. The Morgan fingerprint density at radius 1 is 1.12 bits per heavy atom. The quantitative estimate of drug-likeness (QED) is 0.736. The van der Waals surface area contributed by atoms with Crippen molar-refractivity contribution < 1.29 is 4.39 Å². The van der Waals surface area contributed by atoms with Gasteiger partial charge in [0.15, 0.2) is 11.5 Å². The fourth-order valence-corrected chi connectivity index (χ4v) is 3.47. The van der Waals surface area contributed by atoms with Crippen molar-refractivity contribution in [3.63, 3.8) is 0 Å². The second-order valence-electron chi connectivity index (χ2n) is 6.22. The summed E-state index contributed by atoms with van der Waals surface area (Å²) in [4.78, 5) is 2.36. The predicted octanol–water partition coefficient (Wildman–Crippen LogP) is 3.70. The SMILES string of the molecule is CCC1CCCCN1c1ccc2nnc(-c3ccccc3F)n2n1. The second kappa shape index (κ2) is 6.19. The lowest BCUT2D eigenvalue weighted by Crippen LogP contribution is -2.39. The highest BCUT2D eigenvalue weighted by Crippen LogP contribution is 2.26. The van der Waals surface area contributed by atoms with Crippen molar-refractivity contribution in [3.8, 4) is 11.4 Å². The molecule has 1 saturated heterocycles. The standard InChI is InChI=1S/C18H20FN5/c1-2-13-7-5-6-12-23(13)17-11-10-16-20-21-18(24(16)22-17)14-8-3-4-9-15(14)19/h3-4,8-11,13H,2,5-7,12H2,1H3. The smallest absolute Gasteiger partial charge is 0.188 e. The molecule has 4 rings (SSSR count). The van der Waals surface area contributed by atoms with Gasteiger partial charge >= 0.3 is 0 Å². The number of piperidine rings is 1. The molecule has 5 nitrogen and oxygen atoms in total. The molecule has 3 aromatic rings. The van der Waals surface area contributed by atoms with E-state index in [2.05, 4.69) is 22.0 Å². The van der Waals surface area contributed by atoms with Gasteiger partial charge in [0.25, 0.3) is 0 Å². The summed E-state index contributed by atoms with van der Waals surface area (Å²) in [6, 6.07) is 11.0. The van der Waals surface area contributed by atoms with Crippen LogP contribution in [0.3, 0.4) is 0 Å². The lowest BCUT2D eigenvalue weighted by atomic mass is 10.0. The van der Waals surface area contributed by atoms with Crippen LogP contribution in [0.4, 0.5) is 10.2 Å². The van der Waals surface area contributed by atoms with Gasteiger partial charge in [-0.3, -0.25) is 0 Å². The molecule has 1 atom stereocenters. The molecule has 0 aliphatic carbocycles. The maximum absolute atomic E-state index is 14.1. The topological polar surface area (TPSA) is 46.3 Å². The predicted molar refractivity (Wildman–Crippen MR) is 91.5 cm³/mol. The molecule has 124 valence electrons. The van der Waals surface area contributed by atoms with Crippen LogP contribution in [-0.2, 0) is 0 Å². The first-order chi connectivity index (χ1) is 11.8. The van der Waals surface area contributed by atoms with Crippen LogP contribution in [-0.4, -0.2) is 32.4 Å². The molecule has 1 unspecified atom stereocenters. The van der Waals surface area contributed by atoms with Crippen LogP contribution < -0.4 is 4.90 Å². The van der Waals surface area contributed by atoms with Gasteiger partial charge < -0.3 is 4.90 Å². The number of anilines is 1. The number of hydrogen-bond donors (Lipinski definition) is 0. The zero-order valence-corrected chi connectivity index (χ0v) is 13.7. The zero-order chi connectivity index (χ0) is 16.5. The van der Waals surface area contributed by atoms with Crippen molar-refractivity contribution in [1.82, 2.24) is 19.8 Å². The normalized spacial score (nSPS) is 18.2. The highest BCUT2D eigenvalue weighted by Gasteiger charge is 2.23. The van der Waals surface area contributed by atoms with Gasteiger partial charge in [0, 0.05) is 12.6 Å². The monoisotopic (exact) mass is 325 g/mol. The average Bonchev–Trinajstić information content (AvgIpc) is 3.05. The van der Waals surface area contributed by atoms with Crippen LogP contribution in [0.1, 0.15) is 32.6 Å². The van der Waals surface area contributed by atoms with Gasteiger partial charge in [-0.1, -0.05) is 19.1 Å². The first-order valence-electron chi connectivity index (χ1n) is 8.52. The lowest BCUT2D eigenvalue weighted by Gasteiger charge is -2.36. The Balaban J connectivity index is 1.80. The molecule has 2 aromatic heterocycles. The van der Waals surface area contributed by atoms with Crippen molar-refractivity contribution >= 4 is 11.5 Å². The summed E-state index contributed by atoms with van der Waals surface area (Å²) in [6.07, 6.45) is 4.74. The highest BCUT2D eigenvalue weighted by atomic mass is 19.1. The Bertz CT molecular complexity index is 859. The number of fused-ring (bicyclic) bond motifs is 1. The van der Waals surface area contributed by atoms with E-state index in [-0.39, 0.29) is 5.82 Å². The maximum atomic E-state index is 14.1. The molecule has 1 aromatic carbocycles. The maximum Gasteiger partial charge on any atom is 0.188 e. The van der Waals surface area contributed by atoms with E-state index in [9.17, 15) is 4.39 Å². The number of hydrogen-bond acceptors (Lipinski definition) is 4. The number of nitrogens with zero attached hydrogens (tertiary/aromatic N) is 5. The summed E-state index contributed by atoms with van der Waals surface area (Å²) in [7, 11) is 0. The van der Waals surface area contributed by atoms with Gasteiger partial charge in [-0.05, 0) is 49.9 Å². The fourth-order valence-electron chi connectivity index (χ4n) is 3.47. The minimum Gasteiger partial charge on any atom is -0.352 e. The molecule has 3 heterocycles. The molecule has 0 amide bonds. The minimum absolute atomic E-state index is 0.316. The van der Waals surface area contributed by atoms with Crippen LogP contribution in [0.2, 0.25) is 0 Å².